The number of aliphatic hydroxyl groups excluding tert-OH is 1. The number of hydrogen-bond acceptors (Lipinski definition) is 2. The first-order valence-corrected chi connectivity index (χ1v) is 3.68. The topological polar surface area (TPSA) is 32.3 Å². The molecule has 0 amide bonds. The Kier molecular flexibility index (Phi) is 2.09. The summed E-state index contributed by atoms with van der Waals surface area (Å²) in [6.45, 7) is 4.17. The van der Waals surface area contributed by atoms with Crippen LogP contribution in [0.3, 0.4) is 0 Å². The maximum Gasteiger partial charge on any atom is 0.0705 e. The van der Waals surface area contributed by atoms with Crippen LogP contribution < -0.4 is 5.32 Å². The Hall–Kier alpha value is -0.0800. The molecule has 2 N–H and O–H groups in total. The number of hydrogen-bond donors (Lipinski definition) is 2. The molecule has 9 heavy (non-hydrogen) atoms. The summed E-state index contributed by atoms with van der Waals surface area (Å²) in [6, 6.07) is 0.852. The fourth-order valence-electron chi connectivity index (χ4n) is 1.33. The lowest BCUT2D eigenvalue weighted by atomic mass is 10.1. The van der Waals surface area contributed by atoms with E-state index in [2.05, 4.69) is 12.2 Å². The molecule has 0 bridgehead atoms. The summed E-state index contributed by atoms with van der Waals surface area (Å²) in [5.41, 5.74) is 0. The molecule has 0 aromatic carbocycles. The number of rotatable bonds is 1. The minimum absolute atomic E-state index is 0.116. The zero-order chi connectivity index (χ0) is 6.85. The van der Waals surface area contributed by atoms with Crippen molar-refractivity contribution in [2.45, 2.75) is 44.9 Å². The van der Waals surface area contributed by atoms with Gasteiger partial charge in [-0.15, -0.1) is 0 Å². The molecule has 1 fully saturated rings. The van der Waals surface area contributed by atoms with Gasteiger partial charge in [0.1, 0.15) is 0 Å². The van der Waals surface area contributed by atoms with E-state index in [1.807, 2.05) is 6.92 Å². The second-order valence-corrected chi connectivity index (χ2v) is 2.86. The average molecular weight is 129 g/mol. The Bertz CT molecular complexity index is 84.9. The van der Waals surface area contributed by atoms with Crippen molar-refractivity contribution in [2.24, 2.45) is 0 Å². The van der Waals surface area contributed by atoms with Gasteiger partial charge in [-0.25, -0.2) is 0 Å². The van der Waals surface area contributed by atoms with Crippen molar-refractivity contribution in [2.75, 3.05) is 0 Å². The lowest BCUT2D eigenvalue weighted by Gasteiger charge is -2.07. The highest BCUT2D eigenvalue weighted by Crippen LogP contribution is 2.14. The van der Waals surface area contributed by atoms with Crippen LogP contribution in [0.25, 0.3) is 0 Å². The number of nitrogens with one attached hydrogen (secondary N) is 1. The van der Waals surface area contributed by atoms with Gasteiger partial charge in [0.05, 0.1) is 6.10 Å². The van der Waals surface area contributed by atoms with Crippen molar-refractivity contribution in [3.63, 3.8) is 0 Å². The summed E-state index contributed by atoms with van der Waals surface area (Å²) in [4.78, 5) is 0. The van der Waals surface area contributed by atoms with E-state index in [0.717, 1.165) is 12.8 Å². The van der Waals surface area contributed by atoms with Crippen molar-refractivity contribution in [3.05, 3.63) is 0 Å². The predicted octanol–water partition coefficient (Wildman–Crippen LogP) is 0.508. The van der Waals surface area contributed by atoms with Crippen molar-refractivity contribution in [1.29, 1.82) is 0 Å². The molecule has 1 heterocycles. The smallest absolute Gasteiger partial charge is 0.0705 e. The third-order valence-corrected chi connectivity index (χ3v) is 2.09. The van der Waals surface area contributed by atoms with Gasteiger partial charge in [0.25, 0.3) is 0 Å². The van der Waals surface area contributed by atoms with E-state index < -0.39 is 0 Å². The molecule has 0 aromatic heterocycles. The van der Waals surface area contributed by atoms with E-state index in [1.165, 1.54) is 0 Å². The fraction of sp³-hybridized carbons (Fsp3) is 1.00. The summed E-state index contributed by atoms with van der Waals surface area (Å²) >= 11 is 0. The van der Waals surface area contributed by atoms with Crippen LogP contribution >= 0.6 is 0 Å². The van der Waals surface area contributed by atoms with Crippen LogP contribution in [-0.2, 0) is 0 Å². The quantitative estimate of drug-likeness (QED) is 0.540. The molecule has 0 spiro atoms. The summed E-state index contributed by atoms with van der Waals surface area (Å²) < 4.78 is 0. The molecular formula is C7H15NO. The summed E-state index contributed by atoms with van der Waals surface area (Å²) in [5, 5.41) is 12.5. The standard InChI is InChI=1S/C7H15NO/c1-3-6-4-7(9)5(2)8-6/h5-9H,3-4H2,1-2H3/t5-,6+,7+/m1/s1. The normalized spacial score (nSPS) is 43.7. The highest BCUT2D eigenvalue weighted by Gasteiger charge is 2.26. The van der Waals surface area contributed by atoms with Crippen LogP contribution in [0.15, 0.2) is 0 Å². The largest absolute Gasteiger partial charge is 0.391 e. The van der Waals surface area contributed by atoms with E-state index >= 15 is 0 Å². The molecule has 0 unspecified atom stereocenters. The van der Waals surface area contributed by atoms with Gasteiger partial charge in [-0.1, -0.05) is 6.92 Å². The molecule has 2 nitrogen and oxygen atoms in total. The minimum Gasteiger partial charge on any atom is -0.391 e. The molecule has 54 valence electrons. The molecule has 1 aliphatic heterocycles. The van der Waals surface area contributed by atoms with Crippen molar-refractivity contribution in [3.8, 4) is 0 Å². The summed E-state index contributed by atoms with van der Waals surface area (Å²) in [7, 11) is 0. The number of aliphatic hydroxyl groups is 1. The van der Waals surface area contributed by atoms with Gasteiger partial charge in [-0.05, 0) is 19.8 Å². The average Bonchev–Trinajstić information content (AvgIpc) is 2.13. The summed E-state index contributed by atoms with van der Waals surface area (Å²) in [6.07, 6.45) is 1.94. The van der Waals surface area contributed by atoms with Crippen LogP contribution in [-0.4, -0.2) is 23.3 Å². The van der Waals surface area contributed by atoms with Gasteiger partial charge in [0.15, 0.2) is 0 Å². The second-order valence-electron chi connectivity index (χ2n) is 2.86. The van der Waals surface area contributed by atoms with Crippen LogP contribution in [0.2, 0.25) is 0 Å². The van der Waals surface area contributed by atoms with Crippen molar-refractivity contribution < 1.29 is 5.11 Å². The second kappa shape index (κ2) is 2.67. The van der Waals surface area contributed by atoms with Crippen LogP contribution in [0, 0.1) is 0 Å². The van der Waals surface area contributed by atoms with E-state index in [4.69, 9.17) is 0 Å². The van der Waals surface area contributed by atoms with Gasteiger partial charge in [0, 0.05) is 12.1 Å². The van der Waals surface area contributed by atoms with Crippen molar-refractivity contribution >= 4 is 0 Å². The molecule has 1 aliphatic rings. The Morgan fingerprint density at radius 2 is 2.33 bits per heavy atom. The summed E-state index contributed by atoms with van der Waals surface area (Å²) in [5.74, 6) is 0. The van der Waals surface area contributed by atoms with Crippen LogP contribution in [0.5, 0.6) is 0 Å². The van der Waals surface area contributed by atoms with E-state index in [9.17, 15) is 5.11 Å². The Labute approximate surface area is 56.3 Å². The maximum absolute atomic E-state index is 9.24. The third-order valence-electron chi connectivity index (χ3n) is 2.09. The first-order chi connectivity index (χ1) is 4.24. The lowest BCUT2D eigenvalue weighted by molar-refractivity contribution is 0.164. The SMILES string of the molecule is CC[C@H]1C[C@H](O)[C@@H](C)N1. The molecule has 0 radical (unpaired) electrons. The molecule has 0 aromatic rings. The molecular weight excluding hydrogens is 114 g/mol. The molecule has 0 aliphatic carbocycles. The highest BCUT2D eigenvalue weighted by molar-refractivity contribution is 4.86. The van der Waals surface area contributed by atoms with E-state index in [1.54, 1.807) is 0 Å². The van der Waals surface area contributed by atoms with Gasteiger partial charge in [0.2, 0.25) is 0 Å². The van der Waals surface area contributed by atoms with E-state index in [0.29, 0.717) is 12.1 Å². The monoisotopic (exact) mass is 129 g/mol. The van der Waals surface area contributed by atoms with Gasteiger partial charge < -0.3 is 10.4 Å². The van der Waals surface area contributed by atoms with Crippen LogP contribution in [0.1, 0.15) is 26.7 Å². The molecule has 0 saturated carbocycles. The van der Waals surface area contributed by atoms with Gasteiger partial charge >= 0.3 is 0 Å². The van der Waals surface area contributed by atoms with Crippen molar-refractivity contribution in [1.82, 2.24) is 5.32 Å². The highest BCUT2D eigenvalue weighted by atomic mass is 16.3. The zero-order valence-electron chi connectivity index (χ0n) is 6.09. The zero-order valence-corrected chi connectivity index (χ0v) is 6.09. The molecule has 1 saturated heterocycles. The lowest BCUT2D eigenvalue weighted by Crippen LogP contribution is -2.29. The van der Waals surface area contributed by atoms with Gasteiger partial charge in [-0.2, -0.15) is 0 Å². The Morgan fingerprint density at radius 1 is 1.67 bits per heavy atom. The Morgan fingerprint density at radius 3 is 2.56 bits per heavy atom. The van der Waals surface area contributed by atoms with E-state index in [-0.39, 0.29) is 6.10 Å². The first-order valence-electron chi connectivity index (χ1n) is 3.68. The molecule has 1 rings (SSSR count). The molecule has 3 atom stereocenters. The van der Waals surface area contributed by atoms with Crippen LogP contribution in [0.4, 0.5) is 0 Å². The third kappa shape index (κ3) is 1.43. The fourth-order valence-corrected chi connectivity index (χ4v) is 1.33. The maximum atomic E-state index is 9.24. The molecule has 2 heteroatoms. The first kappa shape index (κ1) is 7.03. The Balaban J connectivity index is 2.35. The minimum atomic E-state index is -0.116. The van der Waals surface area contributed by atoms with Gasteiger partial charge in [-0.3, -0.25) is 0 Å². The predicted molar refractivity (Wildman–Crippen MR) is 37.3 cm³/mol.